The summed E-state index contributed by atoms with van der Waals surface area (Å²) >= 11 is 0. The summed E-state index contributed by atoms with van der Waals surface area (Å²) in [5, 5.41) is 21.1. The Kier molecular flexibility index (Phi) is 3.87. The van der Waals surface area contributed by atoms with Crippen molar-refractivity contribution >= 4 is 5.97 Å². The van der Waals surface area contributed by atoms with Crippen LogP contribution in [0.5, 0.6) is 5.88 Å². The molecular weight excluding hydrogens is 248 g/mol. The molecule has 6 nitrogen and oxygen atoms in total. The molecule has 2 rings (SSSR count). The molecule has 0 spiro atoms. The fourth-order valence-electron chi connectivity index (χ4n) is 2.70. The lowest BCUT2D eigenvalue weighted by molar-refractivity contribution is -0.613. The molecule has 1 N–H and O–H groups in total. The number of carboxylic acid groups (broad SMARTS) is 1. The lowest BCUT2D eigenvalue weighted by Gasteiger charge is -2.32. The Labute approximate surface area is 111 Å². The summed E-state index contributed by atoms with van der Waals surface area (Å²) in [6.07, 6.45) is 7.14. The van der Waals surface area contributed by atoms with Crippen molar-refractivity contribution in [3.8, 4) is 5.88 Å². The zero-order valence-corrected chi connectivity index (χ0v) is 11.0. The van der Waals surface area contributed by atoms with Crippen LogP contribution in [0.1, 0.15) is 37.8 Å². The Morgan fingerprint density at radius 1 is 1.53 bits per heavy atom. The molecule has 6 heteroatoms. The van der Waals surface area contributed by atoms with Crippen LogP contribution in [0.2, 0.25) is 0 Å². The number of carboxylic acids is 1. The molecule has 1 aromatic rings. The van der Waals surface area contributed by atoms with Gasteiger partial charge in [0.05, 0.1) is 12.5 Å². The predicted molar refractivity (Wildman–Crippen MR) is 66.6 cm³/mol. The zero-order chi connectivity index (χ0) is 13.9. The molecule has 0 amide bonds. The first kappa shape index (κ1) is 13.6. The van der Waals surface area contributed by atoms with Crippen molar-refractivity contribution in [2.45, 2.75) is 38.5 Å². The lowest BCUT2D eigenvalue weighted by Crippen LogP contribution is -2.37. The van der Waals surface area contributed by atoms with E-state index in [-0.39, 0.29) is 5.88 Å². The van der Waals surface area contributed by atoms with E-state index in [0.717, 1.165) is 19.3 Å². The Hall–Kier alpha value is -1.85. The van der Waals surface area contributed by atoms with E-state index in [1.165, 1.54) is 19.5 Å². The minimum absolute atomic E-state index is 0.108. The van der Waals surface area contributed by atoms with Gasteiger partial charge >= 0.3 is 11.8 Å². The van der Waals surface area contributed by atoms with E-state index in [9.17, 15) is 15.1 Å². The van der Waals surface area contributed by atoms with Crippen LogP contribution in [0.3, 0.4) is 0 Å². The van der Waals surface area contributed by atoms with E-state index < -0.39 is 11.4 Å². The van der Waals surface area contributed by atoms with Crippen LogP contribution in [0, 0.1) is 10.6 Å². The Morgan fingerprint density at radius 2 is 2.21 bits per heavy atom. The van der Waals surface area contributed by atoms with Gasteiger partial charge in [-0.25, -0.2) is 4.98 Å². The van der Waals surface area contributed by atoms with Crippen LogP contribution < -0.4 is 9.47 Å². The van der Waals surface area contributed by atoms with Gasteiger partial charge in [-0.15, -0.1) is 4.73 Å². The average Bonchev–Trinajstić information content (AvgIpc) is 2.40. The molecular formula is C13H18N2O4. The molecule has 1 fully saturated rings. The number of carbonyl (C=O) groups is 1. The van der Waals surface area contributed by atoms with Crippen LogP contribution in [-0.2, 0) is 11.2 Å². The number of ether oxygens (including phenoxy) is 1. The van der Waals surface area contributed by atoms with Gasteiger partial charge in [0.25, 0.3) is 0 Å². The van der Waals surface area contributed by atoms with Gasteiger partial charge in [-0.2, -0.15) is 0 Å². The number of hydrogen-bond donors (Lipinski definition) is 1. The summed E-state index contributed by atoms with van der Waals surface area (Å²) in [6, 6.07) is 0. The second kappa shape index (κ2) is 5.42. The van der Waals surface area contributed by atoms with Gasteiger partial charge in [-0.3, -0.25) is 4.79 Å². The first-order chi connectivity index (χ1) is 9.07. The van der Waals surface area contributed by atoms with Crippen LogP contribution in [0.15, 0.2) is 12.4 Å². The van der Waals surface area contributed by atoms with E-state index in [1.54, 1.807) is 0 Å². The molecule has 1 heterocycles. The van der Waals surface area contributed by atoms with E-state index in [0.29, 0.717) is 29.7 Å². The van der Waals surface area contributed by atoms with Crippen LogP contribution in [0.4, 0.5) is 0 Å². The first-order valence-electron chi connectivity index (χ1n) is 6.43. The van der Waals surface area contributed by atoms with Crippen molar-refractivity contribution in [3.63, 3.8) is 0 Å². The van der Waals surface area contributed by atoms with Crippen molar-refractivity contribution in [1.29, 1.82) is 0 Å². The third-order valence-electron chi connectivity index (χ3n) is 3.82. The van der Waals surface area contributed by atoms with Crippen LogP contribution >= 0.6 is 0 Å². The molecule has 104 valence electrons. The van der Waals surface area contributed by atoms with Gasteiger partial charge < -0.3 is 15.1 Å². The summed E-state index contributed by atoms with van der Waals surface area (Å²) in [5.41, 5.74) is -0.271. The number of nitrogens with zero attached hydrogens (tertiary/aromatic N) is 2. The van der Waals surface area contributed by atoms with Gasteiger partial charge in [0.15, 0.2) is 0 Å². The first-order valence-corrected chi connectivity index (χ1v) is 6.43. The van der Waals surface area contributed by atoms with Gasteiger partial charge in [0.2, 0.25) is 6.20 Å². The maximum atomic E-state index is 11.6. The second-order valence-electron chi connectivity index (χ2n) is 5.07. The SMILES string of the molecule is COc1cnc(CC2(C(=O)O)CCCCC2)c[n+]1[O-]. The standard InChI is InChI=1S/C13H18N2O4/c1-19-11-8-14-10(9-15(11)18)7-13(12(16)17)5-3-2-4-6-13/h8-9H,2-7H2,1H3,(H,16,17). The van der Waals surface area contributed by atoms with Gasteiger partial charge in [-0.05, 0) is 12.8 Å². The summed E-state index contributed by atoms with van der Waals surface area (Å²) in [4.78, 5) is 15.7. The Bertz CT molecular complexity index is 470. The summed E-state index contributed by atoms with van der Waals surface area (Å²) in [7, 11) is 1.39. The number of rotatable bonds is 4. The van der Waals surface area contributed by atoms with Crippen molar-refractivity contribution in [2.24, 2.45) is 5.41 Å². The Balaban J connectivity index is 2.22. The monoisotopic (exact) mass is 266 g/mol. The van der Waals surface area contributed by atoms with E-state index >= 15 is 0 Å². The molecule has 0 bridgehead atoms. The quantitative estimate of drug-likeness (QED) is 0.655. The molecule has 1 aliphatic rings. The second-order valence-corrected chi connectivity index (χ2v) is 5.07. The number of methoxy groups -OCH3 is 1. The third kappa shape index (κ3) is 2.77. The highest BCUT2D eigenvalue weighted by molar-refractivity contribution is 5.75. The van der Waals surface area contributed by atoms with E-state index in [4.69, 9.17) is 4.74 Å². The smallest absolute Gasteiger partial charge is 0.398 e. The highest BCUT2D eigenvalue weighted by Gasteiger charge is 2.40. The number of aliphatic carboxylic acids is 1. The highest BCUT2D eigenvalue weighted by atomic mass is 16.5. The maximum Gasteiger partial charge on any atom is 0.398 e. The lowest BCUT2D eigenvalue weighted by atomic mass is 9.71. The molecule has 1 aliphatic carbocycles. The summed E-state index contributed by atoms with van der Waals surface area (Å²) in [5.74, 6) is -0.681. The highest BCUT2D eigenvalue weighted by Crippen LogP contribution is 2.39. The Morgan fingerprint density at radius 3 is 2.74 bits per heavy atom. The van der Waals surface area contributed by atoms with Gasteiger partial charge in [0, 0.05) is 6.42 Å². The maximum absolute atomic E-state index is 11.6. The van der Waals surface area contributed by atoms with Crippen LogP contribution in [-0.4, -0.2) is 23.2 Å². The minimum Gasteiger partial charge on any atom is -0.616 e. The van der Waals surface area contributed by atoms with Crippen molar-refractivity contribution in [1.82, 2.24) is 4.98 Å². The fourth-order valence-corrected chi connectivity index (χ4v) is 2.70. The average molecular weight is 266 g/mol. The zero-order valence-electron chi connectivity index (χ0n) is 11.0. The van der Waals surface area contributed by atoms with Gasteiger partial charge in [0.1, 0.15) is 11.9 Å². The van der Waals surface area contributed by atoms with E-state index in [2.05, 4.69) is 4.98 Å². The molecule has 1 saturated carbocycles. The third-order valence-corrected chi connectivity index (χ3v) is 3.82. The molecule has 19 heavy (non-hydrogen) atoms. The summed E-state index contributed by atoms with van der Waals surface area (Å²) < 4.78 is 5.42. The molecule has 0 unspecified atom stereocenters. The minimum atomic E-state index is -0.790. The fraction of sp³-hybridized carbons (Fsp3) is 0.615. The molecule has 0 aromatic carbocycles. The molecule has 0 radical (unpaired) electrons. The normalized spacial score (nSPS) is 17.9. The van der Waals surface area contributed by atoms with Crippen molar-refractivity contribution in [3.05, 3.63) is 23.3 Å². The van der Waals surface area contributed by atoms with E-state index in [1.807, 2.05) is 0 Å². The number of aromatic nitrogens is 2. The topological polar surface area (TPSA) is 86.4 Å². The van der Waals surface area contributed by atoms with Crippen LogP contribution in [0.25, 0.3) is 0 Å². The molecule has 1 aromatic heterocycles. The summed E-state index contributed by atoms with van der Waals surface area (Å²) in [6.45, 7) is 0. The largest absolute Gasteiger partial charge is 0.616 e. The number of hydrogen-bond acceptors (Lipinski definition) is 4. The van der Waals surface area contributed by atoms with Crippen molar-refractivity contribution in [2.75, 3.05) is 7.11 Å². The molecule has 0 saturated heterocycles. The van der Waals surface area contributed by atoms with Gasteiger partial charge in [-0.1, -0.05) is 19.3 Å². The molecule has 0 aliphatic heterocycles. The predicted octanol–water partition coefficient (Wildman–Crippen LogP) is 1.30. The van der Waals surface area contributed by atoms with Crippen molar-refractivity contribution < 1.29 is 19.4 Å². The molecule has 0 atom stereocenters.